The number of hydrogen-bond donors (Lipinski definition) is 1. The zero-order valence-electron chi connectivity index (χ0n) is 12.1. The first-order valence-corrected chi connectivity index (χ1v) is 8.30. The molecule has 118 valence electrons. The van der Waals surface area contributed by atoms with Crippen LogP contribution in [0.5, 0.6) is 0 Å². The quantitative estimate of drug-likeness (QED) is 0.656. The summed E-state index contributed by atoms with van der Waals surface area (Å²) in [4.78, 5) is 25.1. The Morgan fingerprint density at radius 3 is 2.86 bits per heavy atom. The fourth-order valence-corrected chi connectivity index (χ4v) is 3.94. The highest BCUT2D eigenvalue weighted by atomic mass is 79.9. The average molecular weight is 368 g/mol. The van der Waals surface area contributed by atoms with Crippen LogP contribution in [0.25, 0.3) is 0 Å². The number of nitro groups is 1. The van der Waals surface area contributed by atoms with Gasteiger partial charge in [0.25, 0.3) is 5.69 Å². The standard InChI is InChI=1S/C15H18BrN3O3/c16-14-8-12(19(21)22)2-1-10(14)7-15(20)18-11-3-4-13(18)9-17-6-5-11/h1-2,8,11,13,17H,3-7,9H2. The van der Waals surface area contributed by atoms with Crippen LogP contribution >= 0.6 is 15.9 Å². The van der Waals surface area contributed by atoms with Crippen molar-refractivity contribution in [3.05, 3.63) is 38.3 Å². The summed E-state index contributed by atoms with van der Waals surface area (Å²) in [5.74, 6) is 0.116. The SMILES string of the molecule is O=C(Cc1ccc([N+](=O)[O-])cc1Br)N1C2CCNCC1CC2. The maximum absolute atomic E-state index is 12.7. The molecule has 7 heteroatoms. The number of carbonyl (C=O) groups excluding carboxylic acids is 1. The molecular weight excluding hydrogens is 350 g/mol. The van der Waals surface area contributed by atoms with E-state index in [0.717, 1.165) is 37.9 Å². The van der Waals surface area contributed by atoms with Gasteiger partial charge in [-0.1, -0.05) is 22.0 Å². The van der Waals surface area contributed by atoms with E-state index in [4.69, 9.17) is 0 Å². The summed E-state index contributed by atoms with van der Waals surface area (Å²) in [6, 6.07) is 5.20. The van der Waals surface area contributed by atoms with Gasteiger partial charge in [0.15, 0.2) is 0 Å². The van der Waals surface area contributed by atoms with Crippen molar-refractivity contribution in [2.45, 2.75) is 37.8 Å². The fraction of sp³-hybridized carbons (Fsp3) is 0.533. The Balaban J connectivity index is 1.75. The molecule has 0 aromatic heterocycles. The normalized spacial score (nSPS) is 24.1. The number of amides is 1. The van der Waals surface area contributed by atoms with Gasteiger partial charge < -0.3 is 10.2 Å². The molecule has 2 aliphatic rings. The van der Waals surface area contributed by atoms with Gasteiger partial charge in [-0.25, -0.2) is 0 Å². The van der Waals surface area contributed by atoms with E-state index in [0.29, 0.717) is 10.5 Å². The molecule has 0 aliphatic carbocycles. The van der Waals surface area contributed by atoms with Gasteiger partial charge in [-0.05, 0) is 31.4 Å². The largest absolute Gasteiger partial charge is 0.335 e. The number of halogens is 1. The number of fused-ring (bicyclic) bond motifs is 2. The second-order valence-electron chi connectivity index (χ2n) is 5.89. The van der Waals surface area contributed by atoms with E-state index in [9.17, 15) is 14.9 Å². The maximum atomic E-state index is 12.7. The summed E-state index contributed by atoms with van der Waals surface area (Å²) < 4.78 is 0.621. The molecule has 0 saturated carbocycles. The third-order valence-corrected chi connectivity index (χ3v) is 5.27. The molecule has 2 heterocycles. The molecule has 2 fully saturated rings. The molecule has 0 radical (unpaired) electrons. The van der Waals surface area contributed by atoms with Crippen molar-refractivity contribution in [1.29, 1.82) is 0 Å². The van der Waals surface area contributed by atoms with Gasteiger partial charge in [0.1, 0.15) is 0 Å². The van der Waals surface area contributed by atoms with Gasteiger partial charge in [0.05, 0.1) is 11.3 Å². The Morgan fingerprint density at radius 2 is 2.14 bits per heavy atom. The van der Waals surface area contributed by atoms with Crippen LogP contribution in [-0.2, 0) is 11.2 Å². The first kappa shape index (κ1) is 15.4. The van der Waals surface area contributed by atoms with Crippen molar-refractivity contribution >= 4 is 27.5 Å². The average Bonchev–Trinajstić information content (AvgIpc) is 2.74. The minimum Gasteiger partial charge on any atom is -0.335 e. The summed E-state index contributed by atoms with van der Waals surface area (Å²) in [5, 5.41) is 14.1. The number of carbonyl (C=O) groups is 1. The number of rotatable bonds is 3. The highest BCUT2D eigenvalue weighted by molar-refractivity contribution is 9.10. The van der Waals surface area contributed by atoms with Crippen molar-refractivity contribution in [2.24, 2.45) is 0 Å². The van der Waals surface area contributed by atoms with E-state index in [1.807, 2.05) is 4.90 Å². The van der Waals surface area contributed by atoms with Crippen LogP contribution in [0.1, 0.15) is 24.8 Å². The van der Waals surface area contributed by atoms with Crippen molar-refractivity contribution < 1.29 is 9.72 Å². The van der Waals surface area contributed by atoms with E-state index in [1.54, 1.807) is 6.07 Å². The smallest absolute Gasteiger partial charge is 0.270 e. The lowest BCUT2D eigenvalue weighted by Crippen LogP contribution is -2.43. The molecule has 0 spiro atoms. The second kappa shape index (κ2) is 6.34. The zero-order valence-corrected chi connectivity index (χ0v) is 13.7. The molecule has 2 atom stereocenters. The van der Waals surface area contributed by atoms with Crippen LogP contribution in [0.4, 0.5) is 5.69 Å². The first-order chi connectivity index (χ1) is 10.6. The lowest BCUT2D eigenvalue weighted by atomic mass is 10.1. The molecule has 6 nitrogen and oxygen atoms in total. The van der Waals surface area contributed by atoms with Gasteiger partial charge >= 0.3 is 0 Å². The van der Waals surface area contributed by atoms with E-state index < -0.39 is 4.92 Å². The highest BCUT2D eigenvalue weighted by Gasteiger charge is 2.37. The van der Waals surface area contributed by atoms with Crippen LogP contribution in [0, 0.1) is 10.1 Å². The Morgan fingerprint density at radius 1 is 1.36 bits per heavy atom. The number of nitrogens with zero attached hydrogens (tertiary/aromatic N) is 2. The van der Waals surface area contributed by atoms with Crippen molar-refractivity contribution in [2.75, 3.05) is 13.1 Å². The fourth-order valence-electron chi connectivity index (χ4n) is 3.44. The number of nitrogens with one attached hydrogen (secondary N) is 1. The Kier molecular flexibility index (Phi) is 4.44. The van der Waals surface area contributed by atoms with E-state index in [2.05, 4.69) is 21.2 Å². The molecule has 1 aromatic carbocycles. The molecular formula is C15H18BrN3O3. The van der Waals surface area contributed by atoms with Crippen molar-refractivity contribution in [3.8, 4) is 0 Å². The summed E-state index contributed by atoms with van der Waals surface area (Å²) in [5.41, 5.74) is 0.828. The summed E-state index contributed by atoms with van der Waals surface area (Å²) in [6.07, 6.45) is 3.43. The minimum atomic E-state index is -0.433. The molecule has 3 rings (SSSR count). The Labute approximate surface area is 137 Å². The molecule has 2 bridgehead atoms. The second-order valence-corrected chi connectivity index (χ2v) is 6.74. The minimum absolute atomic E-state index is 0.0297. The topological polar surface area (TPSA) is 75.5 Å². The van der Waals surface area contributed by atoms with Crippen molar-refractivity contribution in [3.63, 3.8) is 0 Å². The molecule has 2 saturated heterocycles. The summed E-state index contributed by atoms with van der Waals surface area (Å²) in [6.45, 7) is 1.83. The van der Waals surface area contributed by atoms with E-state index >= 15 is 0 Å². The first-order valence-electron chi connectivity index (χ1n) is 7.51. The van der Waals surface area contributed by atoms with Crippen LogP contribution in [0.2, 0.25) is 0 Å². The Bertz CT molecular complexity index is 594. The lowest BCUT2D eigenvalue weighted by molar-refractivity contribution is -0.384. The maximum Gasteiger partial charge on any atom is 0.270 e. The Hall–Kier alpha value is -1.47. The van der Waals surface area contributed by atoms with Crippen LogP contribution in [-0.4, -0.2) is 40.9 Å². The molecule has 2 unspecified atom stereocenters. The zero-order chi connectivity index (χ0) is 15.7. The van der Waals surface area contributed by atoms with Crippen LogP contribution < -0.4 is 5.32 Å². The number of non-ortho nitro benzene ring substituents is 1. The molecule has 1 aromatic rings. The van der Waals surface area contributed by atoms with Gasteiger partial charge in [-0.2, -0.15) is 0 Å². The summed E-state index contributed by atoms with van der Waals surface area (Å²) >= 11 is 3.34. The van der Waals surface area contributed by atoms with Crippen molar-refractivity contribution in [1.82, 2.24) is 10.2 Å². The molecule has 1 amide bonds. The molecule has 22 heavy (non-hydrogen) atoms. The molecule has 2 aliphatic heterocycles. The van der Waals surface area contributed by atoms with Crippen LogP contribution in [0.3, 0.4) is 0 Å². The van der Waals surface area contributed by atoms with E-state index in [1.165, 1.54) is 12.1 Å². The van der Waals surface area contributed by atoms with Crippen LogP contribution in [0.15, 0.2) is 22.7 Å². The third-order valence-electron chi connectivity index (χ3n) is 4.53. The van der Waals surface area contributed by atoms with E-state index in [-0.39, 0.29) is 24.1 Å². The van der Waals surface area contributed by atoms with Gasteiger partial charge in [-0.15, -0.1) is 0 Å². The highest BCUT2D eigenvalue weighted by Crippen LogP contribution is 2.30. The predicted molar refractivity (Wildman–Crippen MR) is 85.6 cm³/mol. The third kappa shape index (κ3) is 3.01. The summed E-state index contributed by atoms with van der Waals surface area (Å²) in [7, 11) is 0. The monoisotopic (exact) mass is 367 g/mol. The predicted octanol–water partition coefficient (Wildman–Crippen LogP) is 2.25. The van der Waals surface area contributed by atoms with Gasteiger partial charge in [0, 0.05) is 35.2 Å². The number of nitro benzene ring substituents is 1. The number of hydrogen-bond acceptors (Lipinski definition) is 4. The number of benzene rings is 1. The van der Waals surface area contributed by atoms with Gasteiger partial charge in [0.2, 0.25) is 5.91 Å². The van der Waals surface area contributed by atoms with Gasteiger partial charge in [-0.3, -0.25) is 14.9 Å². The lowest BCUT2D eigenvalue weighted by Gasteiger charge is -2.28. The molecule has 1 N–H and O–H groups in total.